The van der Waals surface area contributed by atoms with Gasteiger partial charge in [0, 0.05) is 17.7 Å². The Morgan fingerprint density at radius 1 is 1.36 bits per heavy atom. The zero-order valence-corrected chi connectivity index (χ0v) is 8.02. The Bertz CT molecular complexity index is 359. The fourth-order valence-corrected chi connectivity index (χ4v) is 1.72. The number of hydrogen-bond acceptors (Lipinski definition) is 2. The second-order valence-corrected chi connectivity index (χ2v) is 3.27. The number of rotatable bonds is 0. The van der Waals surface area contributed by atoms with E-state index in [1.807, 2.05) is 0 Å². The van der Waals surface area contributed by atoms with Crippen molar-refractivity contribution in [2.45, 2.75) is 18.6 Å². The smallest absolute Gasteiger partial charge is 0.132 e. The molecule has 3 N–H and O–H groups in total. The van der Waals surface area contributed by atoms with Crippen molar-refractivity contribution in [1.29, 1.82) is 0 Å². The molecule has 0 radical (unpaired) electrons. The summed E-state index contributed by atoms with van der Waals surface area (Å²) in [5.74, 6) is -1.34. The van der Waals surface area contributed by atoms with Crippen molar-refractivity contribution in [2.24, 2.45) is 5.73 Å². The predicted octanol–water partition coefficient (Wildman–Crippen LogP) is 1.30. The maximum Gasteiger partial charge on any atom is 0.132 e. The third kappa shape index (κ3) is 1.61. The molecule has 0 bridgehead atoms. The van der Waals surface area contributed by atoms with Crippen LogP contribution in [0, 0.1) is 11.6 Å². The largest absolute Gasteiger partial charge is 0.387 e. The van der Waals surface area contributed by atoms with Gasteiger partial charge in [-0.2, -0.15) is 0 Å². The molecule has 2 rings (SSSR count). The summed E-state index contributed by atoms with van der Waals surface area (Å²) < 4.78 is 25.8. The van der Waals surface area contributed by atoms with Gasteiger partial charge in [0.2, 0.25) is 0 Å². The number of nitrogens with two attached hydrogens (primary N) is 1. The number of halogens is 3. The lowest BCUT2D eigenvalue weighted by atomic mass is 10.1. The number of hydrogen-bond donors (Lipinski definition) is 2. The van der Waals surface area contributed by atoms with E-state index in [2.05, 4.69) is 0 Å². The Labute approximate surface area is 86.1 Å². The first kappa shape index (κ1) is 11.4. The van der Waals surface area contributed by atoms with Crippen LogP contribution in [0.25, 0.3) is 0 Å². The van der Waals surface area contributed by atoms with Crippen molar-refractivity contribution < 1.29 is 13.9 Å². The molecule has 1 aliphatic rings. The fraction of sp³-hybridized carbons (Fsp3) is 0.333. The number of aliphatic hydroxyl groups is 1. The minimum atomic E-state index is -1.00. The summed E-state index contributed by atoms with van der Waals surface area (Å²) in [4.78, 5) is 0. The lowest BCUT2D eigenvalue weighted by molar-refractivity contribution is 0.155. The van der Waals surface area contributed by atoms with E-state index in [4.69, 9.17) is 5.73 Å². The van der Waals surface area contributed by atoms with Gasteiger partial charge in [-0.1, -0.05) is 0 Å². The number of aliphatic hydroxyl groups excluding tert-OH is 1. The molecule has 2 atom stereocenters. The minimum Gasteiger partial charge on any atom is -0.387 e. The van der Waals surface area contributed by atoms with Crippen LogP contribution in [-0.2, 0) is 6.42 Å². The summed E-state index contributed by atoms with van der Waals surface area (Å²) in [7, 11) is 0. The van der Waals surface area contributed by atoms with Gasteiger partial charge in [-0.05, 0) is 18.1 Å². The minimum absolute atomic E-state index is 0. The summed E-state index contributed by atoms with van der Waals surface area (Å²) in [6, 6.07) is 1.46. The molecular formula is C9H10ClF2NO. The molecular weight excluding hydrogens is 212 g/mol. The molecule has 1 aliphatic carbocycles. The highest BCUT2D eigenvalue weighted by Gasteiger charge is 2.31. The van der Waals surface area contributed by atoms with Crippen LogP contribution < -0.4 is 5.73 Å². The third-order valence-corrected chi connectivity index (χ3v) is 2.34. The molecule has 14 heavy (non-hydrogen) atoms. The Balaban J connectivity index is 0.000000980. The van der Waals surface area contributed by atoms with Gasteiger partial charge in [0.1, 0.15) is 11.6 Å². The molecule has 0 aromatic heterocycles. The van der Waals surface area contributed by atoms with E-state index in [-0.39, 0.29) is 18.0 Å². The quantitative estimate of drug-likeness (QED) is 0.694. The first-order valence-corrected chi connectivity index (χ1v) is 4.01. The average Bonchev–Trinajstić information content (AvgIpc) is 2.27. The molecule has 2 unspecified atom stereocenters. The Morgan fingerprint density at radius 2 is 2.00 bits per heavy atom. The van der Waals surface area contributed by atoms with Crippen LogP contribution in [0.1, 0.15) is 17.2 Å². The van der Waals surface area contributed by atoms with Crippen molar-refractivity contribution in [3.8, 4) is 0 Å². The SMILES string of the molecule is Cl.NC1Cc2cc(F)cc(F)c2C1O. The van der Waals surface area contributed by atoms with Gasteiger partial charge in [0.05, 0.1) is 6.10 Å². The average molecular weight is 222 g/mol. The lowest BCUT2D eigenvalue weighted by Gasteiger charge is -2.08. The molecule has 0 fully saturated rings. The van der Waals surface area contributed by atoms with Crippen LogP contribution in [0.2, 0.25) is 0 Å². The molecule has 5 heteroatoms. The van der Waals surface area contributed by atoms with Crippen LogP contribution in [-0.4, -0.2) is 11.1 Å². The normalized spacial score (nSPS) is 24.3. The lowest BCUT2D eigenvalue weighted by Crippen LogP contribution is -2.24. The van der Waals surface area contributed by atoms with E-state index in [0.29, 0.717) is 12.0 Å². The summed E-state index contributed by atoms with van der Waals surface area (Å²) >= 11 is 0. The van der Waals surface area contributed by atoms with Gasteiger partial charge in [-0.15, -0.1) is 12.4 Å². The molecule has 0 saturated carbocycles. The van der Waals surface area contributed by atoms with Crippen molar-refractivity contribution in [3.05, 3.63) is 34.9 Å². The Kier molecular flexibility index (Phi) is 3.09. The van der Waals surface area contributed by atoms with Gasteiger partial charge in [-0.25, -0.2) is 8.78 Å². The summed E-state index contributed by atoms with van der Waals surface area (Å²) in [5, 5.41) is 9.43. The third-order valence-electron chi connectivity index (χ3n) is 2.34. The molecule has 78 valence electrons. The van der Waals surface area contributed by atoms with Crippen LogP contribution in [0.15, 0.2) is 12.1 Å². The van der Waals surface area contributed by atoms with Crippen molar-refractivity contribution in [3.63, 3.8) is 0 Å². The molecule has 0 heterocycles. The highest BCUT2D eigenvalue weighted by Crippen LogP contribution is 2.32. The summed E-state index contributed by atoms with van der Waals surface area (Å²) in [5.41, 5.74) is 6.13. The van der Waals surface area contributed by atoms with Crippen LogP contribution in [0.4, 0.5) is 8.78 Å². The van der Waals surface area contributed by atoms with Gasteiger partial charge >= 0.3 is 0 Å². The highest BCUT2D eigenvalue weighted by atomic mass is 35.5. The van der Waals surface area contributed by atoms with Crippen molar-refractivity contribution in [2.75, 3.05) is 0 Å². The molecule has 1 aromatic carbocycles. The molecule has 0 saturated heterocycles. The molecule has 0 spiro atoms. The second kappa shape index (κ2) is 3.81. The second-order valence-electron chi connectivity index (χ2n) is 3.27. The summed E-state index contributed by atoms with van der Waals surface area (Å²) in [6.07, 6.45) is -0.679. The Hall–Kier alpha value is -0.710. The van der Waals surface area contributed by atoms with Gasteiger partial charge in [-0.3, -0.25) is 0 Å². The van der Waals surface area contributed by atoms with Crippen LogP contribution in [0.5, 0.6) is 0 Å². The van der Waals surface area contributed by atoms with Gasteiger partial charge < -0.3 is 10.8 Å². The van der Waals surface area contributed by atoms with E-state index >= 15 is 0 Å². The van der Waals surface area contributed by atoms with E-state index in [9.17, 15) is 13.9 Å². The molecule has 0 aliphatic heterocycles. The Morgan fingerprint density at radius 3 is 2.64 bits per heavy atom. The number of benzene rings is 1. The number of fused-ring (bicyclic) bond motifs is 1. The topological polar surface area (TPSA) is 46.2 Å². The monoisotopic (exact) mass is 221 g/mol. The highest BCUT2D eigenvalue weighted by molar-refractivity contribution is 5.85. The van der Waals surface area contributed by atoms with Crippen LogP contribution >= 0.6 is 12.4 Å². The first-order valence-electron chi connectivity index (χ1n) is 4.01. The maximum atomic E-state index is 13.1. The van der Waals surface area contributed by atoms with E-state index in [1.54, 1.807) is 0 Å². The summed E-state index contributed by atoms with van der Waals surface area (Å²) in [6.45, 7) is 0. The zero-order chi connectivity index (χ0) is 9.59. The molecule has 1 aromatic rings. The van der Waals surface area contributed by atoms with Crippen LogP contribution in [0.3, 0.4) is 0 Å². The van der Waals surface area contributed by atoms with Gasteiger partial charge in [0.15, 0.2) is 0 Å². The molecule has 0 amide bonds. The zero-order valence-electron chi connectivity index (χ0n) is 7.21. The van der Waals surface area contributed by atoms with E-state index < -0.39 is 23.8 Å². The van der Waals surface area contributed by atoms with Crippen molar-refractivity contribution in [1.82, 2.24) is 0 Å². The van der Waals surface area contributed by atoms with Gasteiger partial charge in [0.25, 0.3) is 0 Å². The predicted molar refractivity (Wildman–Crippen MR) is 50.2 cm³/mol. The first-order chi connectivity index (χ1) is 6.09. The fourth-order valence-electron chi connectivity index (χ4n) is 1.72. The molecule has 2 nitrogen and oxygen atoms in total. The van der Waals surface area contributed by atoms with E-state index in [0.717, 1.165) is 6.07 Å². The van der Waals surface area contributed by atoms with Crippen molar-refractivity contribution >= 4 is 12.4 Å². The van der Waals surface area contributed by atoms with E-state index in [1.165, 1.54) is 6.07 Å². The standard InChI is InChI=1S/C9H9F2NO.ClH/c10-5-1-4-2-7(12)9(13)8(4)6(11)3-5;/h1,3,7,9,13H,2,12H2;1H. The maximum absolute atomic E-state index is 13.1.